The molecule has 0 aliphatic heterocycles. The molecule has 0 aliphatic carbocycles. The molecule has 0 saturated heterocycles. The minimum atomic E-state index is -1.01. The second-order valence-electron chi connectivity index (χ2n) is 5.03. The largest absolute Gasteiger partial charge is 0.329 e. The van der Waals surface area contributed by atoms with Crippen LogP contribution in [0, 0.1) is 17.0 Å². The van der Waals surface area contributed by atoms with Crippen molar-refractivity contribution in [1.82, 2.24) is 5.43 Å². The molecule has 0 heterocycles. The molecule has 0 saturated carbocycles. The van der Waals surface area contributed by atoms with Crippen LogP contribution < -0.4 is 10.7 Å². The Morgan fingerprint density at radius 1 is 1.15 bits per heavy atom. The van der Waals surface area contributed by atoms with E-state index in [-0.39, 0.29) is 10.7 Å². The standard InChI is InChI=1S/C16H12Cl2N4O4/c1-9-11(17)3-2-4-13(9)20-15(23)16(24)21-19-8-10-5-6-12(18)14(7-10)22(25)26/h2-8H,1H3,(H,20,23)(H,21,24)/b19-8-. The van der Waals surface area contributed by atoms with Gasteiger partial charge in [0.2, 0.25) is 0 Å². The van der Waals surface area contributed by atoms with Crippen molar-refractivity contribution >= 4 is 52.6 Å². The van der Waals surface area contributed by atoms with E-state index in [0.29, 0.717) is 21.8 Å². The predicted molar refractivity (Wildman–Crippen MR) is 98.7 cm³/mol. The van der Waals surface area contributed by atoms with Gasteiger partial charge in [0.1, 0.15) is 5.02 Å². The molecule has 0 unspecified atom stereocenters. The molecule has 0 fully saturated rings. The first-order valence-corrected chi connectivity index (χ1v) is 7.88. The summed E-state index contributed by atoms with van der Waals surface area (Å²) in [7, 11) is 0. The molecule has 0 radical (unpaired) electrons. The molecule has 0 aromatic heterocycles. The van der Waals surface area contributed by atoms with Crippen molar-refractivity contribution in [3.8, 4) is 0 Å². The van der Waals surface area contributed by atoms with Crippen molar-refractivity contribution in [2.24, 2.45) is 5.10 Å². The van der Waals surface area contributed by atoms with Gasteiger partial charge in [-0.2, -0.15) is 5.10 Å². The van der Waals surface area contributed by atoms with Crippen molar-refractivity contribution in [3.05, 3.63) is 67.7 Å². The third-order valence-electron chi connectivity index (χ3n) is 3.27. The average molecular weight is 395 g/mol. The smallest absolute Gasteiger partial charge is 0.317 e. The topological polar surface area (TPSA) is 114 Å². The zero-order valence-corrected chi connectivity index (χ0v) is 14.8. The van der Waals surface area contributed by atoms with Crippen LogP contribution in [0.3, 0.4) is 0 Å². The van der Waals surface area contributed by atoms with E-state index >= 15 is 0 Å². The van der Waals surface area contributed by atoms with Gasteiger partial charge in [0.15, 0.2) is 0 Å². The summed E-state index contributed by atoms with van der Waals surface area (Å²) in [5.41, 5.74) is 3.08. The third kappa shape index (κ3) is 4.78. The van der Waals surface area contributed by atoms with Crippen molar-refractivity contribution in [1.29, 1.82) is 0 Å². The monoisotopic (exact) mass is 394 g/mol. The van der Waals surface area contributed by atoms with E-state index in [1.54, 1.807) is 25.1 Å². The molecule has 0 bridgehead atoms. The highest BCUT2D eigenvalue weighted by atomic mass is 35.5. The molecule has 8 nitrogen and oxygen atoms in total. The lowest BCUT2D eigenvalue weighted by Crippen LogP contribution is -2.32. The first-order chi connectivity index (χ1) is 12.3. The van der Waals surface area contributed by atoms with E-state index in [9.17, 15) is 19.7 Å². The number of rotatable bonds is 4. The van der Waals surface area contributed by atoms with E-state index < -0.39 is 16.7 Å². The van der Waals surface area contributed by atoms with Crippen LogP contribution >= 0.6 is 23.2 Å². The van der Waals surface area contributed by atoms with Crippen molar-refractivity contribution < 1.29 is 14.5 Å². The minimum absolute atomic E-state index is 0.0209. The summed E-state index contributed by atoms with van der Waals surface area (Å²) in [6.45, 7) is 1.70. The quantitative estimate of drug-likeness (QED) is 0.358. The first-order valence-electron chi connectivity index (χ1n) is 7.13. The maximum absolute atomic E-state index is 11.9. The number of anilines is 1. The fourth-order valence-corrected chi connectivity index (χ4v) is 2.25. The highest BCUT2D eigenvalue weighted by molar-refractivity contribution is 6.40. The molecule has 2 N–H and O–H groups in total. The number of nitro benzene ring substituents is 1. The van der Waals surface area contributed by atoms with Gasteiger partial charge in [0, 0.05) is 22.3 Å². The summed E-state index contributed by atoms with van der Waals surface area (Å²) in [4.78, 5) is 33.8. The van der Waals surface area contributed by atoms with Crippen LogP contribution in [0.2, 0.25) is 10.0 Å². The Hall–Kier alpha value is -2.97. The molecule has 2 rings (SSSR count). The van der Waals surface area contributed by atoms with Gasteiger partial charge in [0.05, 0.1) is 11.1 Å². The van der Waals surface area contributed by atoms with E-state index in [4.69, 9.17) is 23.2 Å². The van der Waals surface area contributed by atoms with Crippen LogP contribution in [-0.4, -0.2) is 23.0 Å². The molecule has 134 valence electrons. The maximum Gasteiger partial charge on any atom is 0.329 e. The number of hydrogen-bond acceptors (Lipinski definition) is 5. The zero-order chi connectivity index (χ0) is 19.3. The van der Waals surface area contributed by atoms with Gasteiger partial charge >= 0.3 is 11.8 Å². The van der Waals surface area contributed by atoms with Gasteiger partial charge in [-0.1, -0.05) is 35.3 Å². The van der Waals surface area contributed by atoms with E-state index in [1.165, 1.54) is 18.2 Å². The summed E-state index contributed by atoms with van der Waals surface area (Å²) >= 11 is 11.6. The summed E-state index contributed by atoms with van der Waals surface area (Å²) in [5, 5.41) is 17.3. The molecule has 10 heteroatoms. The predicted octanol–water partition coefficient (Wildman–Crippen LogP) is 3.30. The second kappa shape index (κ2) is 8.41. The molecule has 2 aromatic carbocycles. The van der Waals surface area contributed by atoms with Crippen LogP contribution in [0.5, 0.6) is 0 Å². The Labute approximate surface area is 157 Å². The Bertz CT molecular complexity index is 915. The number of nitrogens with one attached hydrogen (secondary N) is 2. The molecular weight excluding hydrogens is 383 g/mol. The number of benzene rings is 2. The number of halogens is 2. The highest BCUT2D eigenvalue weighted by Crippen LogP contribution is 2.24. The van der Waals surface area contributed by atoms with E-state index in [0.717, 1.165) is 6.21 Å². The van der Waals surface area contributed by atoms with Crippen LogP contribution in [0.25, 0.3) is 0 Å². The molecule has 0 spiro atoms. The molecule has 0 aliphatic rings. The number of carbonyl (C=O) groups excluding carboxylic acids is 2. The fraction of sp³-hybridized carbons (Fsp3) is 0.0625. The average Bonchev–Trinajstić information content (AvgIpc) is 2.60. The van der Waals surface area contributed by atoms with Crippen LogP contribution in [0.15, 0.2) is 41.5 Å². The highest BCUT2D eigenvalue weighted by Gasteiger charge is 2.15. The molecule has 2 amide bonds. The molecule has 26 heavy (non-hydrogen) atoms. The maximum atomic E-state index is 11.9. The lowest BCUT2D eigenvalue weighted by molar-refractivity contribution is -0.384. The Balaban J connectivity index is 2.00. The number of hydrogen-bond donors (Lipinski definition) is 2. The number of nitro groups is 1. The van der Waals surface area contributed by atoms with Gasteiger partial charge < -0.3 is 5.32 Å². The molecule has 2 aromatic rings. The minimum Gasteiger partial charge on any atom is -0.317 e. The van der Waals surface area contributed by atoms with Gasteiger partial charge in [-0.3, -0.25) is 19.7 Å². The number of hydrazone groups is 1. The number of nitrogens with zero attached hydrogens (tertiary/aromatic N) is 2. The van der Waals surface area contributed by atoms with Crippen molar-refractivity contribution in [2.45, 2.75) is 6.92 Å². The summed E-state index contributed by atoms with van der Waals surface area (Å²) < 4.78 is 0. The van der Waals surface area contributed by atoms with Crippen LogP contribution in [0.4, 0.5) is 11.4 Å². The van der Waals surface area contributed by atoms with E-state index in [1.807, 2.05) is 5.43 Å². The SMILES string of the molecule is Cc1c(Cl)cccc1NC(=O)C(=O)N/N=C\c1ccc(Cl)c([N+](=O)[O-])c1. The first kappa shape index (κ1) is 19.4. The molecule has 0 atom stereocenters. The van der Waals surface area contributed by atoms with Gasteiger partial charge in [-0.05, 0) is 30.7 Å². The summed E-state index contributed by atoms with van der Waals surface area (Å²) in [5.74, 6) is -1.95. The lowest BCUT2D eigenvalue weighted by atomic mass is 10.2. The lowest BCUT2D eigenvalue weighted by Gasteiger charge is -2.08. The number of carbonyl (C=O) groups is 2. The Kier molecular flexibility index (Phi) is 6.26. The normalized spacial score (nSPS) is 10.6. The van der Waals surface area contributed by atoms with Gasteiger partial charge in [0.25, 0.3) is 5.69 Å². The summed E-state index contributed by atoms with van der Waals surface area (Å²) in [6, 6.07) is 8.88. The van der Waals surface area contributed by atoms with Gasteiger partial charge in [-0.15, -0.1) is 0 Å². The second-order valence-corrected chi connectivity index (χ2v) is 5.85. The zero-order valence-electron chi connectivity index (χ0n) is 13.3. The van der Waals surface area contributed by atoms with Gasteiger partial charge in [-0.25, -0.2) is 5.43 Å². The Morgan fingerprint density at radius 2 is 1.88 bits per heavy atom. The molecular formula is C16H12Cl2N4O4. The van der Waals surface area contributed by atoms with E-state index in [2.05, 4.69) is 10.4 Å². The number of amides is 2. The summed E-state index contributed by atoms with van der Waals surface area (Å²) in [6.07, 6.45) is 1.15. The van der Waals surface area contributed by atoms with Crippen molar-refractivity contribution in [3.63, 3.8) is 0 Å². The third-order valence-corrected chi connectivity index (χ3v) is 4.00. The van der Waals surface area contributed by atoms with Crippen LogP contribution in [0.1, 0.15) is 11.1 Å². The fourth-order valence-electron chi connectivity index (χ4n) is 1.89. The van der Waals surface area contributed by atoms with Crippen LogP contribution in [-0.2, 0) is 9.59 Å². The Morgan fingerprint density at radius 3 is 2.58 bits per heavy atom. The van der Waals surface area contributed by atoms with Crippen molar-refractivity contribution in [2.75, 3.05) is 5.32 Å².